The number of rotatable bonds is 5. The fourth-order valence-electron chi connectivity index (χ4n) is 1.66. The van der Waals surface area contributed by atoms with Gasteiger partial charge in [-0.1, -0.05) is 12.2 Å². The van der Waals surface area contributed by atoms with E-state index in [2.05, 4.69) is 34.7 Å². The summed E-state index contributed by atoms with van der Waals surface area (Å²) in [5.74, 6) is 0. The van der Waals surface area contributed by atoms with Crippen LogP contribution in [0.15, 0.2) is 22.7 Å². The number of nitrogens with two attached hydrogens (primary N) is 1. The molecule has 0 aromatic heterocycles. The van der Waals surface area contributed by atoms with Gasteiger partial charge in [-0.2, -0.15) is 0 Å². The number of hydrogen-bond acceptors (Lipinski definition) is 3. The SMILES string of the molecule is CC(C)N(CCO)c1ccc(C(N)=S)cc1Br. The van der Waals surface area contributed by atoms with E-state index >= 15 is 0 Å². The molecule has 94 valence electrons. The number of nitrogens with zero attached hydrogens (tertiary/aromatic N) is 1. The Labute approximate surface area is 116 Å². The summed E-state index contributed by atoms with van der Waals surface area (Å²) in [5, 5.41) is 9.08. The first-order valence-corrected chi connectivity index (χ1v) is 6.64. The Morgan fingerprint density at radius 3 is 2.59 bits per heavy atom. The molecule has 0 atom stereocenters. The molecular weight excluding hydrogens is 300 g/mol. The zero-order valence-corrected chi connectivity index (χ0v) is 12.4. The van der Waals surface area contributed by atoms with Gasteiger partial charge in [0.15, 0.2) is 0 Å². The van der Waals surface area contributed by atoms with Crippen molar-refractivity contribution < 1.29 is 5.11 Å². The Morgan fingerprint density at radius 1 is 1.53 bits per heavy atom. The van der Waals surface area contributed by atoms with Crippen LogP contribution in [0.25, 0.3) is 0 Å². The predicted molar refractivity (Wildman–Crippen MR) is 79.6 cm³/mol. The zero-order valence-electron chi connectivity index (χ0n) is 9.98. The number of thiocarbonyl (C=S) groups is 1. The molecule has 0 spiro atoms. The molecule has 0 radical (unpaired) electrons. The summed E-state index contributed by atoms with van der Waals surface area (Å²) in [5.41, 5.74) is 7.46. The molecule has 1 rings (SSSR count). The van der Waals surface area contributed by atoms with Crippen LogP contribution in [0, 0.1) is 0 Å². The third-order valence-electron chi connectivity index (χ3n) is 2.51. The van der Waals surface area contributed by atoms with E-state index in [1.165, 1.54) is 0 Å². The Hall–Kier alpha value is -0.650. The van der Waals surface area contributed by atoms with E-state index in [9.17, 15) is 0 Å². The number of aliphatic hydroxyl groups is 1. The number of anilines is 1. The van der Waals surface area contributed by atoms with E-state index in [0.29, 0.717) is 17.6 Å². The van der Waals surface area contributed by atoms with Crippen LogP contribution in [0.3, 0.4) is 0 Å². The first kappa shape index (κ1) is 14.4. The third kappa shape index (κ3) is 3.66. The molecule has 0 aliphatic carbocycles. The maximum absolute atomic E-state index is 9.08. The quantitative estimate of drug-likeness (QED) is 0.818. The maximum atomic E-state index is 9.08. The molecule has 17 heavy (non-hydrogen) atoms. The van der Waals surface area contributed by atoms with Gasteiger partial charge in [0, 0.05) is 22.6 Å². The molecule has 0 aliphatic heterocycles. The van der Waals surface area contributed by atoms with Gasteiger partial charge in [-0.25, -0.2) is 0 Å². The summed E-state index contributed by atoms with van der Waals surface area (Å²) in [4.78, 5) is 2.50. The van der Waals surface area contributed by atoms with Gasteiger partial charge in [0.25, 0.3) is 0 Å². The van der Waals surface area contributed by atoms with Gasteiger partial charge < -0.3 is 15.7 Å². The first-order valence-electron chi connectivity index (χ1n) is 5.44. The van der Waals surface area contributed by atoms with Gasteiger partial charge in [-0.05, 0) is 48.0 Å². The minimum atomic E-state index is 0.127. The van der Waals surface area contributed by atoms with Crippen LogP contribution in [0.2, 0.25) is 0 Å². The van der Waals surface area contributed by atoms with Crippen molar-refractivity contribution in [2.24, 2.45) is 5.73 Å². The van der Waals surface area contributed by atoms with Crippen molar-refractivity contribution in [2.45, 2.75) is 19.9 Å². The average Bonchev–Trinajstić information content (AvgIpc) is 2.26. The van der Waals surface area contributed by atoms with Crippen molar-refractivity contribution in [1.82, 2.24) is 0 Å². The highest BCUT2D eigenvalue weighted by atomic mass is 79.9. The summed E-state index contributed by atoms with van der Waals surface area (Å²) in [6.07, 6.45) is 0. The van der Waals surface area contributed by atoms with E-state index in [1.807, 2.05) is 18.2 Å². The topological polar surface area (TPSA) is 49.5 Å². The van der Waals surface area contributed by atoms with Gasteiger partial charge in [-0.3, -0.25) is 0 Å². The van der Waals surface area contributed by atoms with E-state index < -0.39 is 0 Å². The molecule has 0 fully saturated rings. The molecule has 0 saturated carbocycles. The Bertz CT molecular complexity index is 409. The second-order valence-electron chi connectivity index (χ2n) is 4.04. The van der Waals surface area contributed by atoms with Crippen LogP contribution in [-0.4, -0.2) is 29.3 Å². The first-order chi connectivity index (χ1) is 7.97. The van der Waals surface area contributed by atoms with E-state index in [4.69, 9.17) is 23.1 Å². The number of aliphatic hydroxyl groups excluding tert-OH is 1. The van der Waals surface area contributed by atoms with E-state index in [-0.39, 0.29) is 6.61 Å². The van der Waals surface area contributed by atoms with Gasteiger partial charge in [0.2, 0.25) is 0 Å². The Balaban J connectivity index is 3.08. The molecule has 1 aromatic rings. The highest BCUT2D eigenvalue weighted by molar-refractivity contribution is 9.10. The van der Waals surface area contributed by atoms with Crippen molar-refractivity contribution in [3.63, 3.8) is 0 Å². The van der Waals surface area contributed by atoms with Crippen LogP contribution >= 0.6 is 28.1 Å². The van der Waals surface area contributed by atoms with Crippen molar-refractivity contribution in [2.75, 3.05) is 18.1 Å². The molecule has 3 nitrogen and oxygen atoms in total. The maximum Gasteiger partial charge on any atom is 0.104 e. The van der Waals surface area contributed by atoms with Crippen molar-refractivity contribution >= 4 is 38.8 Å². The lowest BCUT2D eigenvalue weighted by Crippen LogP contribution is -2.33. The van der Waals surface area contributed by atoms with E-state index in [0.717, 1.165) is 15.7 Å². The molecule has 5 heteroatoms. The Kier molecular flexibility index (Phi) is 5.36. The molecule has 0 bridgehead atoms. The highest BCUT2D eigenvalue weighted by Crippen LogP contribution is 2.28. The van der Waals surface area contributed by atoms with Gasteiger partial charge in [0.05, 0.1) is 12.3 Å². The second-order valence-corrected chi connectivity index (χ2v) is 5.34. The van der Waals surface area contributed by atoms with Gasteiger partial charge in [0.1, 0.15) is 4.99 Å². The predicted octanol–water partition coefficient (Wildman–Crippen LogP) is 2.29. The monoisotopic (exact) mass is 316 g/mol. The summed E-state index contributed by atoms with van der Waals surface area (Å²) in [7, 11) is 0. The van der Waals surface area contributed by atoms with Crippen LogP contribution < -0.4 is 10.6 Å². The smallest absolute Gasteiger partial charge is 0.104 e. The standard InChI is InChI=1S/C12H17BrN2OS/c1-8(2)15(5-6-16)11-4-3-9(12(14)17)7-10(11)13/h3-4,7-8,16H,5-6H2,1-2H3,(H2,14,17). The van der Waals surface area contributed by atoms with Crippen molar-refractivity contribution in [1.29, 1.82) is 0 Å². The number of benzene rings is 1. The van der Waals surface area contributed by atoms with Crippen LogP contribution in [0.4, 0.5) is 5.69 Å². The van der Waals surface area contributed by atoms with Crippen LogP contribution in [0.1, 0.15) is 19.4 Å². The third-order valence-corrected chi connectivity index (χ3v) is 3.38. The number of halogens is 1. The van der Waals surface area contributed by atoms with Crippen molar-refractivity contribution in [3.05, 3.63) is 28.2 Å². The molecule has 0 saturated heterocycles. The molecule has 0 aliphatic rings. The lowest BCUT2D eigenvalue weighted by Gasteiger charge is -2.29. The minimum absolute atomic E-state index is 0.127. The van der Waals surface area contributed by atoms with Gasteiger partial charge in [-0.15, -0.1) is 0 Å². The molecular formula is C12H17BrN2OS. The summed E-state index contributed by atoms with van der Waals surface area (Å²) < 4.78 is 0.935. The fourth-order valence-corrected chi connectivity index (χ4v) is 2.39. The summed E-state index contributed by atoms with van der Waals surface area (Å²) in [6, 6.07) is 6.09. The van der Waals surface area contributed by atoms with Crippen LogP contribution in [0.5, 0.6) is 0 Å². The largest absolute Gasteiger partial charge is 0.395 e. The molecule has 1 aromatic carbocycles. The molecule has 0 amide bonds. The average molecular weight is 317 g/mol. The lowest BCUT2D eigenvalue weighted by atomic mass is 10.1. The fraction of sp³-hybridized carbons (Fsp3) is 0.417. The van der Waals surface area contributed by atoms with Gasteiger partial charge >= 0.3 is 0 Å². The Morgan fingerprint density at radius 2 is 2.18 bits per heavy atom. The van der Waals surface area contributed by atoms with E-state index in [1.54, 1.807) is 0 Å². The summed E-state index contributed by atoms with van der Waals surface area (Å²) >= 11 is 8.45. The molecule has 0 unspecified atom stereocenters. The molecule has 0 heterocycles. The molecule has 3 N–H and O–H groups in total. The van der Waals surface area contributed by atoms with Crippen LogP contribution in [-0.2, 0) is 0 Å². The van der Waals surface area contributed by atoms with Crippen molar-refractivity contribution in [3.8, 4) is 0 Å². The zero-order chi connectivity index (χ0) is 13.0. The second kappa shape index (κ2) is 6.33. The normalized spacial score (nSPS) is 10.6. The lowest BCUT2D eigenvalue weighted by molar-refractivity contribution is 0.299. The number of hydrogen-bond donors (Lipinski definition) is 2. The highest BCUT2D eigenvalue weighted by Gasteiger charge is 2.13. The summed E-state index contributed by atoms with van der Waals surface area (Å²) in [6.45, 7) is 4.90. The minimum Gasteiger partial charge on any atom is -0.395 e.